The van der Waals surface area contributed by atoms with Crippen LogP contribution >= 0.6 is 0 Å². The Morgan fingerprint density at radius 2 is 2.37 bits per heavy atom. The van der Waals surface area contributed by atoms with E-state index in [9.17, 15) is 9.59 Å². The van der Waals surface area contributed by atoms with E-state index in [0.717, 1.165) is 5.69 Å². The molecule has 0 fully saturated rings. The number of carbonyl (C=O) groups excluding carboxylic acids is 1. The number of hydrogen-bond donors (Lipinski definition) is 2. The number of methoxy groups -OCH3 is 1. The van der Waals surface area contributed by atoms with E-state index < -0.39 is 12.1 Å². The van der Waals surface area contributed by atoms with Crippen LogP contribution in [0.15, 0.2) is 18.3 Å². The smallest absolute Gasteiger partial charge is 0.306 e. The maximum Gasteiger partial charge on any atom is 0.306 e. The van der Waals surface area contributed by atoms with Crippen molar-refractivity contribution in [1.82, 2.24) is 15.1 Å². The van der Waals surface area contributed by atoms with Crippen molar-refractivity contribution in [2.75, 3.05) is 13.7 Å². The number of rotatable bonds is 7. The van der Waals surface area contributed by atoms with Gasteiger partial charge in [-0.05, 0) is 12.1 Å². The molecule has 1 rings (SSSR count). The third-order valence-corrected chi connectivity index (χ3v) is 2.50. The predicted molar refractivity (Wildman–Crippen MR) is 68.3 cm³/mol. The Balaban J connectivity index is 2.41. The topological polar surface area (TPSA) is 93.5 Å². The molecule has 1 aromatic heterocycles. The van der Waals surface area contributed by atoms with Crippen molar-refractivity contribution in [2.24, 2.45) is 7.05 Å². The van der Waals surface area contributed by atoms with Crippen molar-refractivity contribution < 1.29 is 19.4 Å². The summed E-state index contributed by atoms with van der Waals surface area (Å²) in [7, 11) is 3.18. The van der Waals surface area contributed by atoms with Crippen LogP contribution in [0, 0.1) is 0 Å². The highest BCUT2D eigenvalue weighted by molar-refractivity contribution is 5.91. The monoisotopic (exact) mass is 267 g/mol. The molecule has 1 heterocycles. The number of nitrogens with zero attached hydrogens (tertiary/aromatic N) is 2. The molecule has 1 amide bonds. The molecule has 0 saturated heterocycles. The molecule has 0 radical (unpaired) electrons. The van der Waals surface area contributed by atoms with Crippen molar-refractivity contribution in [1.29, 1.82) is 0 Å². The van der Waals surface area contributed by atoms with Crippen LogP contribution in [0.25, 0.3) is 6.08 Å². The van der Waals surface area contributed by atoms with Crippen LogP contribution in [0.2, 0.25) is 0 Å². The van der Waals surface area contributed by atoms with Crippen LogP contribution in [0.1, 0.15) is 12.1 Å². The number of carbonyl (C=O) groups is 2. The van der Waals surface area contributed by atoms with Crippen LogP contribution < -0.4 is 5.32 Å². The summed E-state index contributed by atoms with van der Waals surface area (Å²) in [4.78, 5) is 22.0. The van der Waals surface area contributed by atoms with Gasteiger partial charge in [-0.25, -0.2) is 0 Å². The van der Waals surface area contributed by atoms with E-state index in [-0.39, 0.29) is 18.9 Å². The van der Waals surface area contributed by atoms with Gasteiger partial charge in [0.2, 0.25) is 5.91 Å². The molecule has 2 N–H and O–H groups in total. The van der Waals surface area contributed by atoms with Gasteiger partial charge in [-0.2, -0.15) is 5.10 Å². The first kappa shape index (κ1) is 14.9. The lowest BCUT2D eigenvalue weighted by molar-refractivity contribution is -0.140. The summed E-state index contributed by atoms with van der Waals surface area (Å²) in [5.41, 5.74) is 0.795. The van der Waals surface area contributed by atoms with Gasteiger partial charge in [0.05, 0.1) is 18.2 Å². The molecule has 0 bridgehead atoms. The highest BCUT2D eigenvalue weighted by atomic mass is 16.5. The molecular weight excluding hydrogens is 250 g/mol. The second-order valence-electron chi connectivity index (χ2n) is 3.91. The lowest BCUT2D eigenvalue weighted by Crippen LogP contribution is -2.33. The number of aryl methyl sites for hydroxylation is 1. The van der Waals surface area contributed by atoms with Gasteiger partial charge in [0, 0.05) is 33.0 Å². The van der Waals surface area contributed by atoms with Gasteiger partial charge in [-0.15, -0.1) is 0 Å². The zero-order chi connectivity index (χ0) is 14.3. The third-order valence-electron chi connectivity index (χ3n) is 2.50. The fraction of sp³-hybridized carbons (Fsp3) is 0.417. The Labute approximate surface area is 110 Å². The molecule has 1 unspecified atom stereocenters. The SMILES string of the molecule is COC(CNC(=O)/C=C/c1ccnn1C)CC(=O)O. The van der Waals surface area contributed by atoms with Crippen molar-refractivity contribution in [2.45, 2.75) is 12.5 Å². The van der Waals surface area contributed by atoms with Gasteiger partial charge in [0.25, 0.3) is 0 Å². The molecule has 0 aromatic carbocycles. The maximum atomic E-state index is 11.5. The summed E-state index contributed by atoms with van der Waals surface area (Å²) in [6.45, 7) is 0.150. The minimum Gasteiger partial charge on any atom is -0.481 e. The summed E-state index contributed by atoms with van der Waals surface area (Å²) in [6.07, 6.45) is 3.94. The second-order valence-corrected chi connectivity index (χ2v) is 3.91. The third kappa shape index (κ3) is 5.35. The lowest BCUT2D eigenvalue weighted by Gasteiger charge is -2.12. The summed E-state index contributed by atoms with van der Waals surface area (Å²) in [5.74, 6) is -1.28. The molecule has 7 nitrogen and oxygen atoms in total. The number of carboxylic acids is 1. The molecule has 0 aliphatic carbocycles. The Bertz CT molecular complexity index is 467. The predicted octanol–water partition coefficient (Wildman–Crippen LogP) is 0.0392. The number of hydrogen-bond acceptors (Lipinski definition) is 4. The standard InChI is InChI=1S/C12H17N3O4/c1-15-9(5-6-14-15)3-4-11(16)13-8-10(19-2)7-12(17)18/h3-6,10H,7-8H2,1-2H3,(H,13,16)(H,17,18)/b4-3+. The van der Waals surface area contributed by atoms with Crippen LogP contribution in [-0.4, -0.2) is 46.5 Å². The largest absolute Gasteiger partial charge is 0.481 e. The van der Waals surface area contributed by atoms with E-state index in [4.69, 9.17) is 9.84 Å². The number of nitrogens with one attached hydrogen (secondary N) is 1. The summed E-state index contributed by atoms with van der Waals surface area (Å²) < 4.78 is 6.58. The van der Waals surface area contributed by atoms with Gasteiger partial charge in [-0.1, -0.05) is 0 Å². The average Bonchev–Trinajstić information content (AvgIpc) is 2.77. The minimum atomic E-state index is -0.966. The Kier molecular flexibility index (Phi) is 5.74. The number of ether oxygens (including phenoxy) is 1. The fourth-order valence-electron chi connectivity index (χ4n) is 1.42. The van der Waals surface area contributed by atoms with Crippen LogP contribution in [0.5, 0.6) is 0 Å². The number of aliphatic carboxylic acids is 1. The lowest BCUT2D eigenvalue weighted by atomic mass is 10.2. The highest BCUT2D eigenvalue weighted by Crippen LogP contribution is 1.99. The van der Waals surface area contributed by atoms with E-state index in [1.165, 1.54) is 13.2 Å². The molecule has 104 valence electrons. The van der Waals surface area contributed by atoms with Gasteiger partial charge >= 0.3 is 5.97 Å². The number of carboxylic acid groups (broad SMARTS) is 1. The van der Waals surface area contributed by atoms with Gasteiger partial charge < -0.3 is 15.2 Å². The molecule has 0 spiro atoms. The number of amides is 1. The van der Waals surface area contributed by atoms with Gasteiger partial charge in [-0.3, -0.25) is 14.3 Å². The zero-order valence-corrected chi connectivity index (χ0v) is 10.9. The second kappa shape index (κ2) is 7.32. The van der Waals surface area contributed by atoms with Crippen molar-refractivity contribution in [3.8, 4) is 0 Å². The Hall–Kier alpha value is -2.15. The summed E-state index contributed by atoms with van der Waals surface area (Å²) in [5, 5.41) is 15.2. The quantitative estimate of drug-likeness (QED) is 0.680. The van der Waals surface area contributed by atoms with E-state index in [2.05, 4.69) is 10.4 Å². The molecule has 0 saturated carbocycles. The van der Waals surface area contributed by atoms with Gasteiger partial charge in [0.1, 0.15) is 0 Å². The average molecular weight is 267 g/mol. The first-order chi connectivity index (χ1) is 9.02. The molecular formula is C12H17N3O4. The van der Waals surface area contributed by atoms with E-state index >= 15 is 0 Å². The molecule has 0 aliphatic rings. The molecule has 1 atom stereocenters. The van der Waals surface area contributed by atoms with Crippen LogP contribution in [-0.2, 0) is 21.4 Å². The first-order valence-electron chi connectivity index (χ1n) is 5.71. The summed E-state index contributed by atoms with van der Waals surface area (Å²) in [6, 6.07) is 1.77. The Morgan fingerprint density at radius 1 is 1.63 bits per heavy atom. The van der Waals surface area contributed by atoms with E-state index in [0.29, 0.717) is 0 Å². The normalized spacial score (nSPS) is 12.5. The van der Waals surface area contributed by atoms with E-state index in [1.807, 2.05) is 0 Å². The minimum absolute atomic E-state index is 0.150. The molecule has 19 heavy (non-hydrogen) atoms. The Morgan fingerprint density at radius 3 is 2.89 bits per heavy atom. The van der Waals surface area contributed by atoms with Crippen molar-refractivity contribution in [3.05, 3.63) is 24.0 Å². The maximum absolute atomic E-state index is 11.5. The first-order valence-corrected chi connectivity index (χ1v) is 5.71. The molecule has 0 aliphatic heterocycles. The molecule has 7 heteroatoms. The summed E-state index contributed by atoms with van der Waals surface area (Å²) >= 11 is 0. The van der Waals surface area contributed by atoms with E-state index in [1.54, 1.807) is 30.1 Å². The van der Waals surface area contributed by atoms with Crippen LogP contribution in [0.4, 0.5) is 0 Å². The zero-order valence-electron chi connectivity index (χ0n) is 10.9. The van der Waals surface area contributed by atoms with Crippen molar-refractivity contribution in [3.63, 3.8) is 0 Å². The van der Waals surface area contributed by atoms with Crippen molar-refractivity contribution >= 4 is 18.0 Å². The van der Waals surface area contributed by atoms with Gasteiger partial charge in [0.15, 0.2) is 0 Å². The number of aromatic nitrogens is 2. The highest BCUT2D eigenvalue weighted by Gasteiger charge is 2.12. The fourth-order valence-corrected chi connectivity index (χ4v) is 1.42. The van der Waals surface area contributed by atoms with Crippen LogP contribution in [0.3, 0.4) is 0 Å². The molecule has 1 aromatic rings.